The maximum atomic E-state index is 13.4. The van der Waals surface area contributed by atoms with Crippen molar-refractivity contribution in [3.8, 4) is 34.5 Å². The monoisotopic (exact) mass is 545 g/mol. The molecule has 206 valence electrons. The molecule has 1 aliphatic carbocycles. The minimum Gasteiger partial charge on any atom is -0.349 e. The highest BCUT2D eigenvalue weighted by Gasteiger charge is 2.43. The average molecular weight is 546 g/mol. The second-order valence-corrected chi connectivity index (χ2v) is 11.2. The van der Waals surface area contributed by atoms with Gasteiger partial charge < -0.3 is 9.80 Å². The van der Waals surface area contributed by atoms with Gasteiger partial charge in [0.25, 0.3) is 0 Å². The van der Waals surface area contributed by atoms with Gasteiger partial charge in [0.1, 0.15) is 23.9 Å². The van der Waals surface area contributed by atoms with Crippen LogP contribution < -0.4 is 4.90 Å². The first-order valence-electron chi connectivity index (χ1n) is 13.9. The zero-order chi connectivity index (χ0) is 28.8. The van der Waals surface area contributed by atoms with Gasteiger partial charge in [-0.15, -0.1) is 0 Å². The first-order chi connectivity index (χ1) is 19.8. The number of hydrogen-bond donors (Lipinski definition) is 0. The topological polar surface area (TPSA) is 128 Å². The number of aryl methyl sites for hydroxylation is 2. The third kappa shape index (κ3) is 4.46. The van der Waals surface area contributed by atoms with Crippen LogP contribution in [0.1, 0.15) is 37.9 Å². The number of nitrogens with zero attached hydrogens (tertiary/aromatic N) is 9. The van der Waals surface area contributed by atoms with Crippen LogP contribution in [0.3, 0.4) is 0 Å². The molecular formula is C31H31N9O. The number of hydrogen-bond acceptors (Lipinski definition) is 8. The second-order valence-electron chi connectivity index (χ2n) is 11.2. The maximum absolute atomic E-state index is 13.4. The van der Waals surface area contributed by atoms with Crippen molar-refractivity contribution in [1.29, 1.82) is 10.5 Å². The van der Waals surface area contributed by atoms with Gasteiger partial charge in [0.05, 0.1) is 34.5 Å². The van der Waals surface area contributed by atoms with Gasteiger partial charge in [-0.05, 0) is 56.9 Å². The lowest BCUT2D eigenvalue weighted by Gasteiger charge is -2.47. The fraction of sp³-hybridized carbons (Fsp3) is 0.387. The minimum absolute atomic E-state index is 0.0129. The third-order valence-electron chi connectivity index (χ3n) is 8.52. The summed E-state index contributed by atoms with van der Waals surface area (Å²) < 4.78 is 1.57. The Hall–Kier alpha value is -4.83. The highest BCUT2D eigenvalue weighted by Crippen LogP contribution is 2.41. The van der Waals surface area contributed by atoms with Crippen LogP contribution >= 0.6 is 0 Å². The van der Waals surface area contributed by atoms with Gasteiger partial charge in [0.2, 0.25) is 5.91 Å². The molecule has 1 aliphatic heterocycles. The predicted molar refractivity (Wildman–Crippen MR) is 154 cm³/mol. The standard InChI is InChI=1S/C31H31N9O/c1-18-9-22(14-34-13-18)24-7-8-26(27-10-23(12-33)38(4)37-27)29-28(24)30(36-17-35-29)39-15-20(3)40(16-19(39)2)31(41)25-6-5-21(25)11-32/h7-10,13-14,17,19-21,25H,5-6,15-16H2,1-4H3/t19-,20+,21-,25?/m0/s1. The van der Waals surface area contributed by atoms with Crippen LogP contribution in [-0.2, 0) is 11.8 Å². The fourth-order valence-electron chi connectivity index (χ4n) is 6.12. The number of fused-ring (bicyclic) bond motifs is 1. The molecule has 1 aromatic carbocycles. The van der Waals surface area contributed by atoms with Gasteiger partial charge in [-0.25, -0.2) is 9.97 Å². The van der Waals surface area contributed by atoms with Crippen LogP contribution in [0.2, 0.25) is 0 Å². The van der Waals surface area contributed by atoms with E-state index in [-0.39, 0.29) is 29.8 Å². The molecule has 10 nitrogen and oxygen atoms in total. The van der Waals surface area contributed by atoms with Gasteiger partial charge in [0.15, 0.2) is 0 Å². The molecular weight excluding hydrogens is 514 g/mol. The zero-order valence-corrected chi connectivity index (χ0v) is 23.6. The number of carbonyl (C=O) groups is 1. The molecule has 0 spiro atoms. The Morgan fingerprint density at radius 3 is 2.51 bits per heavy atom. The molecule has 4 aromatic rings. The van der Waals surface area contributed by atoms with E-state index in [4.69, 9.17) is 9.97 Å². The van der Waals surface area contributed by atoms with Crippen molar-refractivity contribution < 1.29 is 4.79 Å². The molecule has 41 heavy (non-hydrogen) atoms. The van der Waals surface area contributed by atoms with Crippen molar-refractivity contribution in [2.45, 2.75) is 45.7 Å². The summed E-state index contributed by atoms with van der Waals surface area (Å²) in [4.78, 5) is 31.6. The molecule has 0 bridgehead atoms. The molecule has 0 radical (unpaired) electrons. The number of benzene rings is 1. The number of rotatable bonds is 4. The molecule has 0 N–H and O–H groups in total. The normalized spacial score (nSPS) is 22.2. The molecule has 3 aromatic heterocycles. The van der Waals surface area contributed by atoms with Gasteiger partial charge in [0, 0.05) is 61.8 Å². The van der Waals surface area contributed by atoms with Crippen molar-refractivity contribution >= 4 is 22.6 Å². The number of nitriles is 2. The van der Waals surface area contributed by atoms with E-state index in [1.165, 1.54) is 0 Å². The molecule has 1 saturated heterocycles. The molecule has 2 aliphatic rings. The maximum Gasteiger partial charge on any atom is 0.227 e. The zero-order valence-electron chi connectivity index (χ0n) is 23.6. The van der Waals surface area contributed by atoms with Crippen LogP contribution in [0.25, 0.3) is 33.3 Å². The molecule has 2 fully saturated rings. The summed E-state index contributed by atoms with van der Waals surface area (Å²) in [7, 11) is 1.75. The number of pyridine rings is 1. The molecule has 6 rings (SSSR count). The van der Waals surface area contributed by atoms with E-state index in [0.29, 0.717) is 24.5 Å². The van der Waals surface area contributed by atoms with E-state index < -0.39 is 0 Å². The molecule has 1 amide bonds. The smallest absolute Gasteiger partial charge is 0.227 e. The van der Waals surface area contributed by atoms with Crippen molar-refractivity contribution in [3.63, 3.8) is 0 Å². The van der Waals surface area contributed by atoms with Crippen LogP contribution in [0.15, 0.2) is 43.0 Å². The van der Waals surface area contributed by atoms with Crippen LogP contribution in [0.4, 0.5) is 5.82 Å². The van der Waals surface area contributed by atoms with E-state index >= 15 is 0 Å². The van der Waals surface area contributed by atoms with Gasteiger partial charge in [-0.2, -0.15) is 15.6 Å². The van der Waals surface area contributed by atoms with Crippen molar-refractivity contribution in [2.75, 3.05) is 18.0 Å². The van der Waals surface area contributed by atoms with Crippen LogP contribution in [0, 0.1) is 41.4 Å². The summed E-state index contributed by atoms with van der Waals surface area (Å²) in [5.41, 5.74) is 5.63. The Morgan fingerprint density at radius 2 is 1.83 bits per heavy atom. The lowest BCUT2D eigenvalue weighted by molar-refractivity contribution is -0.143. The van der Waals surface area contributed by atoms with Crippen molar-refractivity contribution in [1.82, 2.24) is 29.6 Å². The molecule has 10 heteroatoms. The van der Waals surface area contributed by atoms with E-state index in [1.807, 2.05) is 36.4 Å². The highest BCUT2D eigenvalue weighted by molar-refractivity contribution is 6.08. The molecule has 4 heterocycles. The summed E-state index contributed by atoms with van der Waals surface area (Å²) in [6, 6.07) is 12.3. The summed E-state index contributed by atoms with van der Waals surface area (Å²) >= 11 is 0. The fourth-order valence-corrected chi connectivity index (χ4v) is 6.12. The van der Waals surface area contributed by atoms with E-state index in [2.05, 4.69) is 47.0 Å². The Bertz CT molecular complexity index is 1750. The third-order valence-corrected chi connectivity index (χ3v) is 8.52. The first kappa shape index (κ1) is 26.4. The quantitative estimate of drug-likeness (QED) is 0.372. The first-order valence-corrected chi connectivity index (χ1v) is 13.9. The Kier molecular flexibility index (Phi) is 6.63. The molecule has 4 atom stereocenters. The highest BCUT2D eigenvalue weighted by atomic mass is 16.2. The summed E-state index contributed by atoms with van der Waals surface area (Å²) in [6.45, 7) is 7.33. The number of amides is 1. The number of aromatic nitrogens is 5. The van der Waals surface area contributed by atoms with Crippen LogP contribution in [0.5, 0.6) is 0 Å². The second kappa shape index (κ2) is 10.3. The van der Waals surface area contributed by atoms with E-state index in [9.17, 15) is 15.3 Å². The number of anilines is 1. The van der Waals surface area contributed by atoms with E-state index in [0.717, 1.165) is 51.8 Å². The largest absolute Gasteiger partial charge is 0.349 e. The lowest BCUT2D eigenvalue weighted by Crippen LogP contribution is -2.60. The Morgan fingerprint density at radius 1 is 1.02 bits per heavy atom. The molecule has 1 unspecified atom stereocenters. The molecule has 1 saturated carbocycles. The Labute approximate surface area is 238 Å². The number of piperazine rings is 1. The van der Waals surface area contributed by atoms with Crippen molar-refractivity contribution in [3.05, 3.63) is 54.2 Å². The van der Waals surface area contributed by atoms with Gasteiger partial charge >= 0.3 is 0 Å². The van der Waals surface area contributed by atoms with Crippen molar-refractivity contribution in [2.24, 2.45) is 18.9 Å². The van der Waals surface area contributed by atoms with Gasteiger partial charge in [-0.3, -0.25) is 14.5 Å². The van der Waals surface area contributed by atoms with Gasteiger partial charge in [-0.1, -0.05) is 6.07 Å². The Balaban J connectivity index is 1.47. The van der Waals surface area contributed by atoms with Crippen LogP contribution in [-0.4, -0.2) is 60.7 Å². The lowest BCUT2D eigenvalue weighted by atomic mass is 9.73. The average Bonchev–Trinajstić information content (AvgIpc) is 3.33. The SMILES string of the molecule is Cc1cncc(-c2ccc(-c3cc(C#N)n(C)n3)c3ncnc(N4C[C@@H](C)N(C(=O)C5CC[C@H]5C#N)C[C@@H]4C)c23)c1. The summed E-state index contributed by atoms with van der Waals surface area (Å²) in [5, 5.41) is 24.4. The number of carbonyl (C=O) groups excluding carboxylic acids is 1. The minimum atomic E-state index is -0.194. The van der Waals surface area contributed by atoms with E-state index in [1.54, 1.807) is 24.1 Å². The predicted octanol–water partition coefficient (Wildman–Crippen LogP) is 4.25. The summed E-state index contributed by atoms with van der Waals surface area (Å²) in [6.07, 6.45) is 6.84. The summed E-state index contributed by atoms with van der Waals surface area (Å²) in [5.74, 6) is 0.507.